The molecule has 1 aromatic rings. The second kappa shape index (κ2) is 8.05. The van der Waals surface area contributed by atoms with E-state index in [1.165, 1.54) is 16.7 Å². The first kappa shape index (κ1) is 16.6. The minimum absolute atomic E-state index is 0.137. The predicted octanol–water partition coefficient (Wildman–Crippen LogP) is 2.63. The van der Waals surface area contributed by atoms with Gasteiger partial charge in [0.15, 0.2) is 0 Å². The standard InChI is InChI=1S/C15H16N2O3S2/c1-2-3-8-20-13(18)10-17-14(19)12(22-15(17)21)9-11-4-6-16-7-5-11/h4-7,9H,2-3,8,10H2,1H3/b12-9-. The summed E-state index contributed by atoms with van der Waals surface area (Å²) in [5.41, 5.74) is 0.862. The first-order chi connectivity index (χ1) is 10.6. The molecule has 1 aliphatic heterocycles. The Morgan fingerprint density at radius 3 is 2.86 bits per heavy atom. The number of unbranched alkanes of at least 4 members (excludes halogenated alkanes) is 1. The molecule has 22 heavy (non-hydrogen) atoms. The first-order valence-corrected chi connectivity index (χ1v) is 8.15. The fourth-order valence-electron chi connectivity index (χ4n) is 1.75. The molecule has 1 aromatic heterocycles. The summed E-state index contributed by atoms with van der Waals surface area (Å²) in [5.74, 6) is -0.700. The van der Waals surface area contributed by atoms with Gasteiger partial charge in [0, 0.05) is 12.4 Å². The second-order valence-corrected chi connectivity index (χ2v) is 6.30. The highest BCUT2D eigenvalue weighted by molar-refractivity contribution is 8.26. The molecule has 5 nitrogen and oxygen atoms in total. The Hall–Kier alpha value is -1.73. The SMILES string of the molecule is CCCCOC(=O)CN1C(=O)/C(=C/c2ccncc2)SC1=S. The predicted molar refractivity (Wildman–Crippen MR) is 90.0 cm³/mol. The van der Waals surface area contributed by atoms with Crippen LogP contribution in [0.3, 0.4) is 0 Å². The molecule has 0 radical (unpaired) electrons. The zero-order valence-electron chi connectivity index (χ0n) is 12.2. The molecule has 1 amide bonds. The molecule has 7 heteroatoms. The van der Waals surface area contributed by atoms with Crippen LogP contribution < -0.4 is 0 Å². The van der Waals surface area contributed by atoms with Crippen molar-refractivity contribution in [2.45, 2.75) is 19.8 Å². The molecule has 0 spiro atoms. The number of nitrogens with zero attached hydrogens (tertiary/aromatic N) is 2. The number of carbonyl (C=O) groups is 2. The monoisotopic (exact) mass is 336 g/mol. The Bertz CT molecular complexity index is 602. The van der Waals surface area contributed by atoms with Gasteiger partial charge in [0.2, 0.25) is 0 Å². The van der Waals surface area contributed by atoms with E-state index in [9.17, 15) is 9.59 Å². The minimum Gasteiger partial charge on any atom is -0.464 e. The molecule has 0 saturated carbocycles. The number of esters is 1. The molecule has 116 valence electrons. The van der Waals surface area contributed by atoms with Gasteiger partial charge in [-0.3, -0.25) is 19.5 Å². The third-order valence-corrected chi connectivity index (χ3v) is 4.30. The second-order valence-electron chi connectivity index (χ2n) is 4.62. The normalized spacial score (nSPS) is 16.4. The first-order valence-electron chi connectivity index (χ1n) is 6.93. The molecular weight excluding hydrogens is 320 g/mol. The van der Waals surface area contributed by atoms with E-state index in [-0.39, 0.29) is 12.5 Å². The number of thiocarbonyl (C=S) groups is 1. The van der Waals surface area contributed by atoms with E-state index in [1.807, 2.05) is 6.92 Å². The summed E-state index contributed by atoms with van der Waals surface area (Å²) in [6, 6.07) is 3.59. The van der Waals surface area contributed by atoms with Crippen molar-refractivity contribution in [2.75, 3.05) is 13.2 Å². The van der Waals surface area contributed by atoms with Gasteiger partial charge in [0.1, 0.15) is 10.9 Å². The van der Waals surface area contributed by atoms with Gasteiger partial charge < -0.3 is 4.74 Å². The van der Waals surface area contributed by atoms with Crippen LogP contribution in [0.2, 0.25) is 0 Å². The largest absolute Gasteiger partial charge is 0.464 e. The fourth-order valence-corrected chi connectivity index (χ4v) is 3.01. The number of aromatic nitrogens is 1. The van der Waals surface area contributed by atoms with Crippen molar-refractivity contribution >= 4 is 46.3 Å². The van der Waals surface area contributed by atoms with E-state index >= 15 is 0 Å². The van der Waals surface area contributed by atoms with Gasteiger partial charge in [-0.2, -0.15) is 0 Å². The zero-order chi connectivity index (χ0) is 15.9. The highest BCUT2D eigenvalue weighted by Crippen LogP contribution is 2.32. The summed E-state index contributed by atoms with van der Waals surface area (Å²) in [5, 5.41) is 0. The van der Waals surface area contributed by atoms with Crippen LogP contribution in [-0.4, -0.2) is 39.2 Å². The number of hydrogen-bond donors (Lipinski definition) is 0. The van der Waals surface area contributed by atoms with Gasteiger partial charge in [-0.25, -0.2) is 0 Å². The quantitative estimate of drug-likeness (QED) is 0.344. The average Bonchev–Trinajstić information content (AvgIpc) is 2.76. The van der Waals surface area contributed by atoms with Crippen LogP contribution in [0.5, 0.6) is 0 Å². The fraction of sp³-hybridized carbons (Fsp3) is 0.333. The maximum Gasteiger partial charge on any atom is 0.326 e. The Labute approximate surface area is 138 Å². The topological polar surface area (TPSA) is 59.5 Å². The third-order valence-electron chi connectivity index (χ3n) is 2.93. The molecule has 0 aliphatic carbocycles. The van der Waals surface area contributed by atoms with Crippen LogP contribution >= 0.6 is 24.0 Å². The van der Waals surface area contributed by atoms with Gasteiger partial charge >= 0.3 is 5.97 Å². The Kier molecular flexibility index (Phi) is 6.09. The minimum atomic E-state index is -0.435. The summed E-state index contributed by atoms with van der Waals surface area (Å²) in [7, 11) is 0. The van der Waals surface area contributed by atoms with E-state index in [4.69, 9.17) is 17.0 Å². The number of hydrogen-bond acceptors (Lipinski definition) is 6. The van der Waals surface area contributed by atoms with Crippen molar-refractivity contribution in [3.05, 3.63) is 35.0 Å². The molecule has 0 atom stereocenters. The van der Waals surface area contributed by atoms with Crippen molar-refractivity contribution in [3.8, 4) is 0 Å². The molecule has 1 aliphatic rings. The molecule has 1 saturated heterocycles. The molecule has 2 rings (SSSR count). The van der Waals surface area contributed by atoms with Gasteiger partial charge in [-0.15, -0.1) is 0 Å². The summed E-state index contributed by atoms with van der Waals surface area (Å²) in [6.07, 6.45) is 6.80. The molecule has 0 aromatic carbocycles. The Morgan fingerprint density at radius 2 is 2.18 bits per heavy atom. The van der Waals surface area contributed by atoms with Crippen molar-refractivity contribution in [1.82, 2.24) is 9.88 Å². The van der Waals surface area contributed by atoms with Crippen LogP contribution in [0.15, 0.2) is 29.4 Å². The van der Waals surface area contributed by atoms with E-state index in [0.717, 1.165) is 18.4 Å². The lowest BCUT2D eigenvalue weighted by Gasteiger charge is -2.13. The Balaban J connectivity index is 2.00. The van der Waals surface area contributed by atoms with Gasteiger partial charge in [-0.05, 0) is 30.2 Å². The number of carbonyl (C=O) groups excluding carboxylic acids is 2. The van der Waals surface area contributed by atoms with Crippen molar-refractivity contribution < 1.29 is 14.3 Å². The van der Waals surface area contributed by atoms with Crippen molar-refractivity contribution in [3.63, 3.8) is 0 Å². The maximum atomic E-state index is 12.3. The van der Waals surface area contributed by atoms with Gasteiger partial charge in [-0.1, -0.05) is 37.3 Å². The Morgan fingerprint density at radius 1 is 1.45 bits per heavy atom. The van der Waals surface area contributed by atoms with E-state index < -0.39 is 5.97 Å². The maximum absolute atomic E-state index is 12.3. The molecule has 0 N–H and O–H groups in total. The van der Waals surface area contributed by atoms with E-state index in [0.29, 0.717) is 15.8 Å². The summed E-state index contributed by atoms with van der Waals surface area (Å²) >= 11 is 6.36. The number of ether oxygens (including phenoxy) is 1. The third kappa shape index (κ3) is 4.38. The zero-order valence-corrected chi connectivity index (χ0v) is 13.8. The average molecular weight is 336 g/mol. The van der Waals surface area contributed by atoms with Crippen molar-refractivity contribution in [2.24, 2.45) is 0 Å². The lowest BCUT2D eigenvalue weighted by Crippen LogP contribution is -2.34. The molecular formula is C15H16N2O3S2. The van der Waals surface area contributed by atoms with E-state index in [1.54, 1.807) is 30.6 Å². The van der Waals surface area contributed by atoms with Crippen LogP contribution in [0.1, 0.15) is 25.3 Å². The summed E-state index contributed by atoms with van der Waals surface area (Å²) < 4.78 is 5.44. The number of amides is 1. The highest BCUT2D eigenvalue weighted by Gasteiger charge is 2.33. The number of rotatable bonds is 6. The highest BCUT2D eigenvalue weighted by atomic mass is 32.2. The van der Waals surface area contributed by atoms with Crippen molar-refractivity contribution in [1.29, 1.82) is 0 Å². The lowest BCUT2D eigenvalue weighted by atomic mass is 10.2. The molecule has 1 fully saturated rings. The lowest BCUT2D eigenvalue weighted by molar-refractivity contribution is -0.146. The van der Waals surface area contributed by atoms with Gasteiger partial charge in [0.05, 0.1) is 11.5 Å². The molecule has 0 unspecified atom stereocenters. The van der Waals surface area contributed by atoms with Gasteiger partial charge in [0.25, 0.3) is 5.91 Å². The van der Waals surface area contributed by atoms with Crippen LogP contribution in [-0.2, 0) is 14.3 Å². The van der Waals surface area contributed by atoms with Crippen LogP contribution in [0.4, 0.5) is 0 Å². The summed E-state index contributed by atoms with van der Waals surface area (Å²) in [6.45, 7) is 2.25. The number of thioether (sulfide) groups is 1. The van der Waals surface area contributed by atoms with Crippen LogP contribution in [0, 0.1) is 0 Å². The number of pyridine rings is 1. The van der Waals surface area contributed by atoms with Crippen LogP contribution in [0.25, 0.3) is 6.08 Å². The molecule has 0 bridgehead atoms. The van der Waals surface area contributed by atoms with E-state index in [2.05, 4.69) is 4.98 Å². The summed E-state index contributed by atoms with van der Waals surface area (Å²) in [4.78, 5) is 29.7. The smallest absolute Gasteiger partial charge is 0.326 e. The molecule has 2 heterocycles.